The average Bonchev–Trinajstić information content (AvgIpc) is 2.37. The van der Waals surface area contributed by atoms with Gasteiger partial charge in [0.25, 0.3) is 0 Å². The van der Waals surface area contributed by atoms with Crippen LogP contribution in [0.3, 0.4) is 0 Å². The highest BCUT2D eigenvalue weighted by Gasteiger charge is 2.12. The van der Waals surface area contributed by atoms with E-state index in [-0.39, 0.29) is 0 Å². The van der Waals surface area contributed by atoms with Crippen molar-refractivity contribution in [3.05, 3.63) is 17.6 Å². The molecule has 1 aliphatic rings. The molecular weight excluding hydrogens is 228 g/mol. The Morgan fingerprint density at radius 2 is 2.11 bits per heavy atom. The van der Waals surface area contributed by atoms with Crippen LogP contribution in [0, 0.1) is 6.92 Å². The molecule has 1 saturated heterocycles. The molecule has 2 heterocycles. The van der Waals surface area contributed by atoms with Crippen LogP contribution >= 0.6 is 0 Å². The third-order valence-electron chi connectivity index (χ3n) is 2.93. The van der Waals surface area contributed by atoms with Gasteiger partial charge in [0.05, 0.1) is 19.8 Å². The Bertz CT molecular complexity index is 377. The second-order valence-corrected chi connectivity index (χ2v) is 4.63. The summed E-state index contributed by atoms with van der Waals surface area (Å²) in [5, 5.41) is 3.32. The number of nitrogens with zero attached hydrogens (tertiary/aromatic N) is 3. The third kappa shape index (κ3) is 3.92. The maximum absolute atomic E-state index is 5.34. The molecule has 0 unspecified atom stereocenters. The minimum atomic E-state index is 0.811. The zero-order valence-electron chi connectivity index (χ0n) is 11.3. The lowest BCUT2D eigenvalue weighted by Crippen LogP contribution is -2.36. The van der Waals surface area contributed by atoms with Gasteiger partial charge in [0.2, 0.25) is 0 Å². The van der Waals surface area contributed by atoms with Crippen molar-refractivity contribution in [3.63, 3.8) is 0 Å². The Labute approximate surface area is 109 Å². The maximum Gasteiger partial charge on any atom is 0.144 e. The lowest BCUT2D eigenvalue weighted by atomic mass is 10.3. The molecule has 0 bridgehead atoms. The van der Waals surface area contributed by atoms with Gasteiger partial charge in [-0.1, -0.05) is 6.92 Å². The number of hydrogen-bond acceptors (Lipinski definition) is 5. The molecule has 1 aromatic heterocycles. The van der Waals surface area contributed by atoms with Crippen LogP contribution < -0.4 is 5.32 Å². The van der Waals surface area contributed by atoms with Crippen LogP contribution in [0.2, 0.25) is 0 Å². The van der Waals surface area contributed by atoms with Gasteiger partial charge in [-0.15, -0.1) is 0 Å². The minimum absolute atomic E-state index is 0.811. The summed E-state index contributed by atoms with van der Waals surface area (Å²) in [4.78, 5) is 11.4. The van der Waals surface area contributed by atoms with E-state index in [1.54, 1.807) is 0 Å². The number of nitrogens with one attached hydrogen (secondary N) is 1. The molecule has 0 aromatic carbocycles. The molecular formula is C13H22N4O. The molecule has 0 atom stereocenters. The summed E-state index contributed by atoms with van der Waals surface area (Å²) in [7, 11) is 0. The van der Waals surface area contributed by atoms with E-state index in [0.29, 0.717) is 0 Å². The average molecular weight is 250 g/mol. The predicted molar refractivity (Wildman–Crippen MR) is 71.6 cm³/mol. The van der Waals surface area contributed by atoms with Gasteiger partial charge < -0.3 is 10.1 Å². The van der Waals surface area contributed by atoms with Gasteiger partial charge >= 0.3 is 0 Å². The number of ether oxygens (including phenoxy) is 1. The van der Waals surface area contributed by atoms with Crippen molar-refractivity contribution >= 4 is 5.82 Å². The highest BCUT2D eigenvalue weighted by Crippen LogP contribution is 2.09. The molecule has 1 aromatic rings. The van der Waals surface area contributed by atoms with Crippen LogP contribution in [0.5, 0.6) is 0 Å². The molecule has 1 N–H and O–H groups in total. The van der Waals surface area contributed by atoms with Gasteiger partial charge in [-0.2, -0.15) is 0 Å². The first-order valence-corrected chi connectivity index (χ1v) is 6.66. The van der Waals surface area contributed by atoms with Gasteiger partial charge in [-0.25, -0.2) is 9.97 Å². The Hall–Kier alpha value is -1.20. The first-order valence-electron chi connectivity index (χ1n) is 6.66. The Balaban J connectivity index is 1.99. The lowest BCUT2D eigenvalue weighted by molar-refractivity contribution is 0.0330. The molecule has 0 saturated carbocycles. The van der Waals surface area contributed by atoms with E-state index in [2.05, 4.69) is 27.1 Å². The molecule has 100 valence electrons. The summed E-state index contributed by atoms with van der Waals surface area (Å²) in [5.74, 6) is 1.84. The van der Waals surface area contributed by atoms with Crippen LogP contribution in [0.4, 0.5) is 5.82 Å². The van der Waals surface area contributed by atoms with Crippen molar-refractivity contribution in [2.24, 2.45) is 0 Å². The number of aryl methyl sites for hydroxylation is 1. The van der Waals surface area contributed by atoms with Crippen molar-refractivity contribution in [1.29, 1.82) is 0 Å². The minimum Gasteiger partial charge on any atom is -0.379 e. The van der Waals surface area contributed by atoms with E-state index in [1.807, 2.05) is 13.0 Å². The SMILES string of the molecule is CCCNc1cc(C)nc(CN2CCOCC2)n1. The largest absolute Gasteiger partial charge is 0.379 e. The van der Waals surface area contributed by atoms with E-state index in [0.717, 1.165) is 63.1 Å². The van der Waals surface area contributed by atoms with E-state index in [4.69, 9.17) is 4.74 Å². The van der Waals surface area contributed by atoms with E-state index < -0.39 is 0 Å². The smallest absolute Gasteiger partial charge is 0.144 e. The van der Waals surface area contributed by atoms with Gasteiger partial charge in [0, 0.05) is 31.4 Å². The Morgan fingerprint density at radius 1 is 1.33 bits per heavy atom. The first kappa shape index (κ1) is 13.2. The van der Waals surface area contributed by atoms with Crippen LogP contribution in [-0.4, -0.2) is 47.7 Å². The second-order valence-electron chi connectivity index (χ2n) is 4.63. The van der Waals surface area contributed by atoms with E-state index in [1.165, 1.54) is 0 Å². The predicted octanol–water partition coefficient (Wildman–Crippen LogP) is 1.44. The number of hydrogen-bond donors (Lipinski definition) is 1. The molecule has 0 spiro atoms. The molecule has 0 radical (unpaired) electrons. The molecule has 0 amide bonds. The van der Waals surface area contributed by atoms with E-state index >= 15 is 0 Å². The Morgan fingerprint density at radius 3 is 2.83 bits per heavy atom. The fourth-order valence-electron chi connectivity index (χ4n) is 2.00. The quantitative estimate of drug-likeness (QED) is 0.857. The van der Waals surface area contributed by atoms with Gasteiger partial charge in [0.15, 0.2) is 0 Å². The normalized spacial score (nSPS) is 16.8. The topological polar surface area (TPSA) is 50.3 Å². The summed E-state index contributed by atoms with van der Waals surface area (Å²) in [6, 6.07) is 2.00. The van der Waals surface area contributed by atoms with Gasteiger partial charge in [-0.05, 0) is 13.3 Å². The molecule has 18 heavy (non-hydrogen) atoms. The van der Waals surface area contributed by atoms with Crippen LogP contribution in [0.1, 0.15) is 24.9 Å². The van der Waals surface area contributed by atoms with Crippen molar-refractivity contribution in [3.8, 4) is 0 Å². The summed E-state index contributed by atoms with van der Waals surface area (Å²) < 4.78 is 5.34. The van der Waals surface area contributed by atoms with Gasteiger partial charge in [0.1, 0.15) is 11.6 Å². The number of aromatic nitrogens is 2. The monoisotopic (exact) mass is 250 g/mol. The zero-order chi connectivity index (χ0) is 12.8. The highest BCUT2D eigenvalue weighted by molar-refractivity contribution is 5.35. The number of rotatable bonds is 5. The third-order valence-corrected chi connectivity index (χ3v) is 2.93. The molecule has 1 fully saturated rings. The van der Waals surface area contributed by atoms with E-state index in [9.17, 15) is 0 Å². The van der Waals surface area contributed by atoms with Crippen LogP contribution in [-0.2, 0) is 11.3 Å². The summed E-state index contributed by atoms with van der Waals surface area (Å²) in [6.07, 6.45) is 1.10. The van der Waals surface area contributed by atoms with Crippen molar-refractivity contribution in [2.75, 3.05) is 38.2 Å². The highest BCUT2D eigenvalue weighted by atomic mass is 16.5. The summed E-state index contributed by atoms with van der Waals surface area (Å²) in [6.45, 7) is 9.49. The van der Waals surface area contributed by atoms with Crippen LogP contribution in [0.25, 0.3) is 0 Å². The molecule has 5 nitrogen and oxygen atoms in total. The second kappa shape index (κ2) is 6.66. The zero-order valence-corrected chi connectivity index (χ0v) is 11.3. The summed E-state index contributed by atoms with van der Waals surface area (Å²) in [5.41, 5.74) is 1.02. The number of morpholine rings is 1. The first-order chi connectivity index (χ1) is 8.78. The fourth-order valence-corrected chi connectivity index (χ4v) is 2.00. The van der Waals surface area contributed by atoms with Crippen molar-refractivity contribution in [1.82, 2.24) is 14.9 Å². The molecule has 5 heteroatoms. The van der Waals surface area contributed by atoms with Gasteiger partial charge in [-0.3, -0.25) is 4.90 Å². The molecule has 0 aliphatic carbocycles. The standard InChI is InChI=1S/C13H22N4O/c1-3-4-14-12-9-11(2)15-13(16-12)10-17-5-7-18-8-6-17/h9H,3-8,10H2,1-2H3,(H,14,15,16). The van der Waals surface area contributed by atoms with Crippen molar-refractivity contribution < 1.29 is 4.74 Å². The molecule has 2 rings (SSSR count). The number of anilines is 1. The van der Waals surface area contributed by atoms with Crippen LogP contribution in [0.15, 0.2) is 6.07 Å². The fraction of sp³-hybridized carbons (Fsp3) is 0.692. The summed E-state index contributed by atoms with van der Waals surface area (Å²) >= 11 is 0. The van der Waals surface area contributed by atoms with Crippen molar-refractivity contribution in [2.45, 2.75) is 26.8 Å². The molecule has 1 aliphatic heterocycles. The Kier molecular flexibility index (Phi) is 4.90. The maximum atomic E-state index is 5.34. The lowest BCUT2D eigenvalue weighted by Gasteiger charge is -2.25.